The Morgan fingerprint density at radius 2 is 2.00 bits per heavy atom. The molecule has 4 N–H and O–H groups in total. The first kappa shape index (κ1) is 16.0. The summed E-state index contributed by atoms with van der Waals surface area (Å²) in [4.78, 5) is 10.3. The zero-order chi connectivity index (χ0) is 11.6. The van der Waals surface area contributed by atoms with Crippen LogP contribution in [0.4, 0.5) is 10.5 Å². The normalized spacial score (nSPS) is 10.4. The number of nitrogens with two attached hydrogens (primary N) is 1. The minimum absolute atomic E-state index is 0. The number of urea groups is 1. The van der Waals surface area contributed by atoms with Crippen molar-refractivity contribution in [3.05, 3.63) is 23.8 Å². The zero-order valence-corrected chi connectivity index (χ0v) is 12.8. The maximum absolute atomic E-state index is 10.8. The monoisotopic (exact) mass is 269 g/mol. The molecule has 0 unspecified atom stereocenters. The van der Waals surface area contributed by atoms with E-state index in [-0.39, 0.29) is 56.3 Å². The van der Waals surface area contributed by atoms with E-state index in [1.165, 1.54) is 25.1 Å². The molecule has 0 radical (unpaired) electrons. The predicted octanol–water partition coefficient (Wildman–Crippen LogP) is -2.26. The molecule has 0 saturated carbocycles. The summed E-state index contributed by atoms with van der Waals surface area (Å²) >= 11 is 0. The Morgan fingerprint density at radius 1 is 1.44 bits per heavy atom. The Bertz CT molecular complexity index is 501. The molecule has 82 valence electrons. The third kappa shape index (κ3) is 4.50. The third-order valence-electron chi connectivity index (χ3n) is 1.72. The number of hydrogen-bond donors (Lipinski definition) is 3. The quantitative estimate of drug-likeness (QED) is 0.415. The number of hydrogen-bond acceptors (Lipinski definition) is 3. The topological polar surface area (TPSA) is 109 Å². The van der Waals surface area contributed by atoms with Gasteiger partial charge < -0.3 is 11.1 Å². The zero-order valence-electron chi connectivity index (χ0n) is 8.89. The average Bonchev–Trinajstić information content (AvgIpc) is 1.99. The van der Waals surface area contributed by atoms with Gasteiger partial charge in [0.15, 0.2) is 0 Å². The van der Waals surface area contributed by atoms with Gasteiger partial charge in [-0.05, 0) is 30.7 Å². The van der Waals surface area contributed by atoms with E-state index in [1.807, 2.05) is 0 Å². The molecule has 0 aliphatic carbocycles. The first-order valence-electron chi connectivity index (χ1n) is 3.95. The number of rotatable bonds is 2. The summed E-state index contributed by atoms with van der Waals surface area (Å²) in [5.74, 6) is 0. The molecule has 0 aliphatic rings. The van der Waals surface area contributed by atoms with E-state index < -0.39 is 16.1 Å². The molecule has 0 bridgehead atoms. The van der Waals surface area contributed by atoms with Crippen molar-refractivity contribution in [3.8, 4) is 0 Å². The summed E-state index contributed by atoms with van der Waals surface area (Å²) in [5, 5.41) is 2.29. The Labute approximate surface area is 136 Å². The van der Waals surface area contributed by atoms with Crippen molar-refractivity contribution in [2.24, 2.45) is 5.73 Å². The molecule has 6 nitrogen and oxygen atoms in total. The fourth-order valence-electron chi connectivity index (χ4n) is 1.16. The van der Waals surface area contributed by atoms with Crippen LogP contribution < -0.4 is 62.4 Å². The van der Waals surface area contributed by atoms with E-state index in [0.29, 0.717) is 11.3 Å². The average molecular weight is 269 g/mol. The molecule has 0 spiro atoms. The van der Waals surface area contributed by atoms with Crippen LogP contribution in [0, 0.1) is 6.92 Å². The van der Waals surface area contributed by atoms with Gasteiger partial charge in [0.05, 0.1) is 4.90 Å². The molecule has 0 aromatic heterocycles. The summed E-state index contributed by atoms with van der Waals surface area (Å²) in [7, 11) is -4.22. The van der Waals surface area contributed by atoms with E-state index in [2.05, 4.69) is 5.32 Å². The van der Waals surface area contributed by atoms with E-state index in [9.17, 15) is 13.2 Å². The molecule has 1 rings (SSSR count). The minimum Gasteiger partial charge on any atom is -0.351 e. The smallest absolute Gasteiger partial charge is 0.351 e. The van der Waals surface area contributed by atoms with E-state index in [1.54, 1.807) is 0 Å². The van der Waals surface area contributed by atoms with Gasteiger partial charge >= 0.3 is 57.4 Å². The van der Waals surface area contributed by atoms with Crippen LogP contribution in [0.5, 0.6) is 0 Å². The van der Waals surface area contributed by atoms with Gasteiger partial charge in [-0.3, -0.25) is 4.55 Å². The maximum Gasteiger partial charge on any atom is 1.00 e. The first-order chi connectivity index (χ1) is 6.80. The second kappa shape index (κ2) is 6.10. The second-order valence-electron chi connectivity index (χ2n) is 2.94. The van der Waals surface area contributed by atoms with Crippen LogP contribution in [0.1, 0.15) is 5.56 Å². The molecule has 2 amide bonds. The minimum atomic E-state index is -4.22. The van der Waals surface area contributed by atoms with Gasteiger partial charge in [0.1, 0.15) is 0 Å². The molecule has 0 fully saturated rings. The fraction of sp³-hybridized carbons (Fsp3) is 0.125. The Balaban J connectivity index is 0.00000225. The molecule has 16 heavy (non-hydrogen) atoms. The largest absolute Gasteiger partial charge is 1.00 e. The van der Waals surface area contributed by atoms with E-state index in [0.717, 1.165) is 0 Å². The summed E-state index contributed by atoms with van der Waals surface area (Å²) in [5.41, 5.74) is 5.57. The SMILES string of the molecule is Cc1cc(NC(N)=O)ccc1S(=O)(=O)O.[K+]. The maximum atomic E-state index is 10.8. The third-order valence-corrected chi connectivity index (χ3v) is 2.73. The van der Waals surface area contributed by atoms with E-state index in [4.69, 9.17) is 10.3 Å². The van der Waals surface area contributed by atoms with Crippen molar-refractivity contribution in [1.82, 2.24) is 0 Å². The van der Waals surface area contributed by atoms with Gasteiger partial charge in [-0.15, -0.1) is 0 Å². The van der Waals surface area contributed by atoms with Crippen molar-refractivity contribution in [1.29, 1.82) is 0 Å². The van der Waals surface area contributed by atoms with Gasteiger partial charge in [-0.25, -0.2) is 4.79 Å². The molecule has 0 saturated heterocycles. The van der Waals surface area contributed by atoms with Crippen LogP contribution in [0.3, 0.4) is 0 Å². The van der Waals surface area contributed by atoms with Crippen LogP contribution in [-0.4, -0.2) is 19.0 Å². The summed E-state index contributed by atoms with van der Waals surface area (Å²) in [6.45, 7) is 1.50. The standard InChI is InChI=1S/C8H10N2O4S.K/c1-5-4-6(10-8(9)11)2-3-7(5)15(12,13)14;/h2-4H,1H3,(H3,9,10,11)(H,12,13,14);/q;+1. The van der Waals surface area contributed by atoms with E-state index >= 15 is 0 Å². The molecular formula is C8H10KN2O4S+. The van der Waals surface area contributed by atoms with Gasteiger partial charge in [0.25, 0.3) is 10.1 Å². The number of amides is 2. The van der Waals surface area contributed by atoms with Gasteiger partial charge in [-0.1, -0.05) is 0 Å². The first-order valence-corrected chi connectivity index (χ1v) is 5.39. The number of aryl methyl sites for hydroxylation is 1. The van der Waals surface area contributed by atoms with Gasteiger partial charge in [0.2, 0.25) is 0 Å². The molecule has 0 atom stereocenters. The van der Waals surface area contributed by atoms with Crippen molar-refractivity contribution in [2.45, 2.75) is 11.8 Å². The second-order valence-corrected chi connectivity index (χ2v) is 4.33. The van der Waals surface area contributed by atoms with Crippen LogP contribution in [0.25, 0.3) is 0 Å². The molecule has 0 aliphatic heterocycles. The molecule has 0 heterocycles. The Hall–Kier alpha value is 0.0364. The van der Waals surface area contributed by atoms with Crippen LogP contribution >= 0.6 is 0 Å². The van der Waals surface area contributed by atoms with Crippen LogP contribution in [0.2, 0.25) is 0 Å². The molecular weight excluding hydrogens is 259 g/mol. The fourth-order valence-corrected chi connectivity index (χ4v) is 1.86. The van der Waals surface area contributed by atoms with Crippen molar-refractivity contribution < 1.29 is 69.1 Å². The summed E-state index contributed by atoms with van der Waals surface area (Å²) < 4.78 is 30.5. The number of primary amides is 1. The summed E-state index contributed by atoms with van der Waals surface area (Å²) in [6, 6.07) is 3.18. The van der Waals surface area contributed by atoms with Gasteiger partial charge in [-0.2, -0.15) is 8.42 Å². The predicted molar refractivity (Wildman–Crippen MR) is 54.2 cm³/mol. The molecule has 1 aromatic rings. The number of nitrogens with one attached hydrogen (secondary N) is 1. The number of anilines is 1. The van der Waals surface area contributed by atoms with Crippen LogP contribution in [-0.2, 0) is 10.1 Å². The summed E-state index contributed by atoms with van der Waals surface area (Å²) in [6.07, 6.45) is 0. The molecule has 8 heteroatoms. The van der Waals surface area contributed by atoms with Gasteiger partial charge in [0, 0.05) is 5.69 Å². The Morgan fingerprint density at radius 3 is 2.38 bits per heavy atom. The van der Waals surface area contributed by atoms with Crippen LogP contribution in [0.15, 0.2) is 23.1 Å². The van der Waals surface area contributed by atoms with Crippen molar-refractivity contribution in [2.75, 3.05) is 5.32 Å². The number of carbonyl (C=O) groups is 1. The number of carbonyl (C=O) groups excluding carboxylic acids is 1. The van der Waals surface area contributed by atoms with Crippen molar-refractivity contribution >= 4 is 21.8 Å². The number of benzene rings is 1. The van der Waals surface area contributed by atoms with Crippen molar-refractivity contribution in [3.63, 3.8) is 0 Å². The molecule has 1 aromatic carbocycles. The Kier molecular flexibility index (Phi) is 6.11.